The highest BCUT2D eigenvalue weighted by atomic mass is 15.5. The molecule has 2 aromatic heterocycles. The van der Waals surface area contributed by atoms with Gasteiger partial charge in [-0.15, -0.1) is 5.10 Å². The molecule has 0 saturated heterocycles. The molecular weight excluding hydrogens is 262 g/mol. The zero-order chi connectivity index (χ0) is 14.8. The van der Waals surface area contributed by atoms with Crippen LogP contribution in [-0.2, 0) is 0 Å². The Hall–Kier alpha value is -2.69. The van der Waals surface area contributed by atoms with Crippen LogP contribution >= 0.6 is 0 Å². The molecule has 0 atom stereocenters. The van der Waals surface area contributed by atoms with Gasteiger partial charge in [0.05, 0.1) is 5.69 Å². The summed E-state index contributed by atoms with van der Waals surface area (Å²) in [7, 11) is 0. The third-order valence-corrected chi connectivity index (χ3v) is 3.46. The Morgan fingerprint density at radius 3 is 2.29 bits per heavy atom. The van der Waals surface area contributed by atoms with E-state index in [1.165, 1.54) is 5.56 Å². The van der Waals surface area contributed by atoms with Gasteiger partial charge in [0.15, 0.2) is 5.82 Å². The van der Waals surface area contributed by atoms with Crippen molar-refractivity contribution in [1.82, 2.24) is 20.0 Å². The van der Waals surface area contributed by atoms with Gasteiger partial charge >= 0.3 is 0 Å². The van der Waals surface area contributed by atoms with Crippen molar-refractivity contribution >= 4 is 5.82 Å². The van der Waals surface area contributed by atoms with E-state index in [0.717, 1.165) is 11.3 Å². The van der Waals surface area contributed by atoms with E-state index in [1.807, 2.05) is 24.3 Å². The largest absolute Gasteiger partial charge is 0.382 e. The number of hydrogen-bond acceptors (Lipinski definition) is 4. The van der Waals surface area contributed by atoms with E-state index < -0.39 is 0 Å². The van der Waals surface area contributed by atoms with Crippen molar-refractivity contribution in [2.45, 2.75) is 19.8 Å². The van der Waals surface area contributed by atoms with E-state index in [1.54, 1.807) is 17.1 Å². The number of benzene rings is 1. The van der Waals surface area contributed by atoms with Crippen molar-refractivity contribution in [2.75, 3.05) is 5.73 Å². The first-order chi connectivity index (χ1) is 10.2. The number of pyridine rings is 1. The zero-order valence-electron chi connectivity index (χ0n) is 12.1. The molecule has 0 saturated carbocycles. The van der Waals surface area contributed by atoms with Crippen LogP contribution in [0.5, 0.6) is 0 Å². The number of rotatable bonds is 3. The molecular formula is C16H17N5. The van der Waals surface area contributed by atoms with Gasteiger partial charge < -0.3 is 5.73 Å². The molecule has 3 aromatic rings. The normalized spacial score (nSPS) is 11.0. The lowest BCUT2D eigenvalue weighted by molar-refractivity contribution is 0.807. The first-order valence-electron chi connectivity index (χ1n) is 6.88. The number of nitrogens with zero attached hydrogens (tertiary/aromatic N) is 4. The van der Waals surface area contributed by atoms with Crippen LogP contribution in [0.4, 0.5) is 5.82 Å². The SMILES string of the molecule is CC(C)c1ccc(-n2nnc(-c3ccncc3)c2N)cc1. The average Bonchev–Trinajstić information content (AvgIpc) is 2.90. The molecule has 0 aliphatic carbocycles. The topological polar surface area (TPSA) is 69.6 Å². The molecule has 0 amide bonds. The van der Waals surface area contributed by atoms with Crippen molar-refractivity contribution < 1.29 is 0 Å². The van der Waals surface area contributed by atoms with Gasteiger partial charge in [0, 0.05) is 18.0 Å². The molecule has 0 aliphatic heterocycles. The lowest BCUT2D eigenvalue weighted by atomic mass is 10.0. The lowest BCUT2D eigenvalue weighted by Crippen LogP contribution is -2.02. The van der Waals surface area contributed by atoms with Gasteiger partial charge in [0.1, 0.15) is 5.69 Å². The minimum atomic E-state index is 0.500. The summed E-state index contributed by atoms with van der Waals surface area (Å²) in [6.07, 6.45) is 3.43. The van der Waals surface area contributed by atoms with E-state index in [4.69, 9.17) is 5.73 Å². The highest BCUT2D eigenvalue weighted by Crippen LogP contribution is 2.25. The average molecular weight is 279 g/mol. The van der Waals surface area contributed by atoms with Gasteiger partial charge in [-0.25, -0.2) is 0 Å². The molecule has 5 heteroatoms. The highest BCUT2D eigenvalue weighted by molar-refractivity contribution is 5.70. The Bertz CT molecular complexity index is 729. The minimum absolute atomic E-state index is 0.500. The third kappa shape index (κ3) is 2.50. The minimum Gasteiger partial charge on any atom is -0.382 e. The molecule has 0 aliphatic rings. The molecule has 0 fully saturated rings. The van der Waals surface area contributed by atoms with Gasteiger partial charge in [-0.3, -0.25) is 4.98 Å². The Balaban J connectivity index is 1.99. The van der Waals surface area contributed by atoms with Crippen LogP contribution < -0.4 is 5.73 Å². The standard InChI is InChI=1S/C16H17N5/c1-11(2)12-3-5-14(6-4-12)21-16(17)15(19-20-21)13-7-9-18-10-8-13/h3-11H,17H2,1-2H3. The number of nitrogens with two attached hydrogens (primary N) is 1. The first-order valence-corrected chi connectivity index (χ1v) is 6.88. The van der Waals surface area contributed by atoms with E-state index in [2.05, 4.69) is 41.3 Å². The summed E-state index contributed by atoms with van der Waals surface area (Å²) in [4.78, 5) is 4.00. The number of anilines is 1. The van der Waals surface area contributed by atoms with Gasteiger partial charge in [0.2, 0.25) is 0 Å². The van der Waals surface area contributed by atoms with E-state index in [-0.39, 0.29) is 0 Å². The van der Waals surface area contributed by atoms with Gasteiger partial charge in [-0.2, -0.15) is 4.68 Å². The van der Waals surface area contributed by atoms with Gasteiger partial charge in [-0.1, -0.05) is 31.2 Å². The number of aromatic nitrogens is 4. The van der Waals surface area contributed by atoms with Gasteiger partial charge in [-0.05, 0) is 35.7 Å². The summed E-state index contributed by atoms with van der Waals surface area (Å²) < 4.78 is 1.65. The second kappa shape index (κ2) is 5.36. The summed E-state index contributed by atoms with van der Waals surface area (Å²) in [6, 6.07) is 11.9. The fraction of sp³-hybridized carbons (Fsp3) is 0.188. The molecule has 21 heavy (non-hydrogen) atoms. The molecule has 106 valence electrons. The maximum atomic E-state index is 6.18. The second-order valence-electron chi connectivity index (χ2n) is 5.22. The van der Waals surface area contributed by atoms with E-state index in [0.29, 0.717) is 17.4 Å². The summed E-state index contributed by atoms with van der Waals surface area (Å²) in [5.74, 6) is 1.03. The maximum absolute atomic E-state index is 6.18. The lowest BCUT2D eigenvalue weighted by Gasteiger charge is -2.07. The zero-order valence-corrected chi connectivity index (χ0v) is 12.1. The second-order valence-corrected chi connectivity index (χ2v) is 5.22. The predicted molar refractivity (Wildman–Crippen MR) is 83.1 cm³/mol. The molecule has 5 nitrogen and oxygen atoms in total. The summed E-state index contributed by atoms with van der Waals surface area (Å²) >= 11 is 0. The monoisotopic (exact) mass is 279 g/mol. The maximum Gasteiger partial charge on any atom is 0.155 e. The van der Waals surface area contributed by atoms with Crippen molar-refractivity contribution in [2.24, 2.45) is 0 Å². The molecule has 2 N–H and O–H groups in total. The van der Waals surface area contributed by atoms with Crippen LogP contribution in [0.25, 0.3) is 16.9 Å². The van der Waals surface area contributed by atoms with Crippen LogP contribution in [0.3, 0.4) is 0 Å². The first kappa shape index (κ1) is 13.3. The van der Waals surface area contributed by atoms with E-state index >= 15 is 0 Å². The molecule has 0 bridgehead atoms. The molecule has 2 heterocycles. The Labute approximate surface area is 123 Å². The van der Waals surface area contributed by atoms with Crippen molar-refractivity contribution in [3.05, 3.63) is 54.4 Å². The fourth-order valence-corrected chi connectivity index (χ4v) is 2.20. The number of hydrogen-bond donors (Lipinski definition) is 1. The van der Waals surface area contributed by atoms with Crippen LogP contribution in [0, 0.1) is 0 Å². The summed E-state index contributed by atoms with van der Waals surface area (Å²) in [6.45, 7) is 4.33. The molecule has 3 rings (SSSR count). The smallest absolute Gasteiger partial charge is 0.155 e. The molecule has 1 aromatic carbocycles. The van der Waals surface area contributed by atoms with Crippen molar-refractivity contribution in [3.63, 3.8) is 0 Å². The van der Waals surface area contributed by atoms with E-state index in [9.17, 15) is 0 Å². The Morgan fingerprint density at radius 1 is 1.00 bits per heavy atom. The number of nitrogen functional groups attached to an aromatic ring is 1. The van der Waals surface area contributed by atoms with Gasteiger partial charge in [0.25, 0.3) is 0 Å². The molecule has 0 spiro atoms. The molecule has 0 radical (unpaired) electrons. The van der Waals surface area contributed by atoms with Crippen LogP contribution in [0.1, 0.15) is 25.3 Å². The third-order valence-electron chi connectivity index (χ3n) is 3.46. The van der Waals surface area contributed by atoms with Crippen molar-refractivity contribution in [1.29, 1.82) is 0 Å². The summed E-state index contributed by atoms with van der Waals surface area (Å²) in [5, 5.41) is 8.34. The predicted octanol–water partition coefficient (Wildman–Crippen LogP) is 3.03. The van der Waals surface area contributed by atoms with Crippen LogP contribution in [0.15, 0.2) is 48.8 Å². The molecule has 0 unspecified atom stereocenters. The Morgan fingerprint density at radius 2 is 1.67 bits per heavy atom. The van der Waals surface area contributed by atoms with Crippen LogP contribution in [0.2, 0.25) is 0 Å². The van der Waals surface area contributed by atoms with Crippen molar-refractivity contribution in [3.8, 4) is 16.9 Å². The summed E-state index contributed by atoms with van der Waals surface area (Å²) in [5.41, 5.74) is 9.96. The highest BCUT2D eigenvalue weighted by Gasteiger charge is 2.13. The fourth-order valence-electron chi connectivity index (χ4n) is 2.20. The quantitative estimate of drug-likeness (QED) is 0.800. The van der Waals surface area contributed by atoms with Crippen LogP contribution in [-0.4, -0.2) is 20.0 Å². The Kier molecular flexibility index (Phi) is 3.39.